The van der Waals surface area contributed by atoms with Crippen LogP contribution in [-0.4, -0.2) is 38.0 Å². The molecule has 1 fully saturated rings. The average molecular weight is 307 g/mol. The van der Waals surface area contributed by atoms with E-state index in [0.717, 1.165) is 25.9 Å². The highest BCUT2D eigenvalue weighted by molar-refractivity contribution is 5.94. The maximum Gasteiger partial charge on any atom is 0.251 e. The molecule has 22 heavy (non-hydrogen) atoms. The Bertz CT molecular complexity index is 516. The molecule has 0 aromatic heterocycles. The fraction of sp³-hybridized carbons (Fsp3) is 0.500. The average Bonchev–Trinajstić information content (AvgIpc) is 2.55. The van der Waals surface area contributed by atoms with Gasteiger partial charge in [-0.1, -0.05) is 6.07 Å². The minimum atomic E-state index is -0.430. The maximum absolute atomic E-state index is 13.0. The lowest BCUT2D eigenvalue weighted by molar-refractivity contribution is -0.125. The van der Waals surface area contributed by atoms with Crippen molar-refractivity contribution in [2.45, 2.75) is 19.3 Å². The van der Waals surface area contributed by atoms with E-state index in [4.69, 9.17) is 0 Å². The third-order valence-electron chi connectivity index (χ3n) is 3.69. The van der Waals surface area contributed by atoms with Crippen LogP contribution in [0.15, 0.2) is 24.3 Å². The Morgan fingerprint density at radius 2 is 2.09 bits per heavy atom. The molecule has 6 heteroatoms. The van der Waals surface area contributed by atoms with Gasteiger partial charge in [0, 0.05) is 25.2 Å². The summed E-state index contributed by atoms with van der Waals surface area (Å²) in [4.78, 5) is 23.6. The van der Waals surface area contributed by atoms with Gasteiger partial charge < -0.3 is 16.0 Å². The number of amides is 2. The van der Waals surface area contributed by atoms with E-state index in [1.54, 1.807) is 6.07 Å². The molecule has 3 N–H and O–H groups in total. The highest BCUT2D eigenvalue weighted by Crippen LogP contribution is 2.09. The van der Waals surface area contributed by atoms with Gasteiger partial charge in [0.1, 0.15) is 5.82 Å². The molecule has 0 bridgehead atoms. The van der Waals surface area contributed by atoms with Crippen molar-refractivity contribution in [1.29, 1.82) is 0 Å². The highest BCUT2D eigenvalue weighted by atomic mass is 19.1. The van der Waals surface area contributed by atoms with E-state index in [-0.39, 0.29) is 17.7 Å². The number of nitrogens with one attached hydrogen (secondary N) is 3. The van der Waals surface area contributed by atoms with Crippen molar-refractivity contribution in [1.82, 2.24) is 16.0 Å². The molecule has 0 aliphatic carbocycles. The largest absolute Gasteiger partial charge is 0.356 e. The van der Waals surface area contributed by atoms with Crippen molar-refractivity contribution in [3.8, 4) is 0 Å². The number of halogens is 1. The Hall–Kier alpha value is -1.95. The molecule has 2 amide bonds. The normalized spacial score (nSPS) is 17.8. The zero-order chi connectivity index (χ0) is 15.8. The summed E-state index contributed by atoms with van der Waals surface area (Å²) >= 11 is 0. The first-order valence-corrected chi connectivity index (χ1v) is 7.69. The number of carbonyl (C=O) groups is 2. The van der Waals surface area contributed by atoms with Gasteiger partial charge in [0.2, 0.25) is 5.91 Å². The summed E-state index contributed by atoms with van der Waals surface area (Å²) < 4.78 is 13.0. The van der Waals surface area contributed by atoms with Crippen LogP contribution in [0.25, 0.3) is 0 Å². The van der Waals surface area contributed by atoms with Crippen molar-refractivity contribution in [2.75, 3.05) is 26.2 Å². The Labute approximate surface area is 129 Å². The highest BCUT2D eigenvalue weighted by Gasteiger charge is 2.20. The van der Waals surface area contributed by atoms with Crippen molar-refractivity contribution < 1.29 is 14.0 Å². The van der Waals surface area contributed by atoms with Gasteiger partial charge in [-0.2, -0.15) is 0 Å². The summed E-state index contributed by atoms with van der Waals surface area (Å²) in [6.45, 7) is 2.69. The molecule has 1 saturated heterocycles. The third kappa shape index (κ3) is 5.11. The van der Waals surface area contributed by atoms with Gasteiger partial charge in [-0.25, -0.2) is 4.39 Å². The van der Waals surface area contributed by atoms with E-state index < -0.39 is 5.82 Å². The van der Waals surface area contributed by atoms with E-state index in [1.807, 2.05) is 0 Å². The fourth-order valence-corrected chi connectivity index (χ4v) is 2.45. The van der Waals surface area contributed by atoms with Gasteiger partial charge in [-0.15, -0.1) is 0 Å². The molecule has 0 radical (unpaired) electrons. The number of rotatable bonds is 6. The number of hydrogen-bond donors (Lipinski definition) is 3. The van der Waals surface area contributed by atoms with Crippen molar-refractivity contribution in [2.24, 2.45) is 5.92 Å². The predicted molar refractivity (Wildman–Crippen MR) is 82.0 cm³/mol. The summed E-state index contributed by atoms with van der Waals surface area (Å²) in [6, 6.07) is 5.57. The van der Waals surface area contributed by atoms with E-state index >= 15 is 0 Å². The van der Waals surface area contributed by atoms with Crippen LogP contribution in [0.5, 0.6) is 0 Å². The zero-order valence-electron chi connectivity index (χ0n) is 12.5. The molecule has 1 heterocycles. The Morgan fingerprint density at radius 3 is 2.82 bits per heavy atom. The van der Waals surface area contributed by atoms with Crippen LogP contribution in [0.1, 0.15) is 29.6 Å². The van der Waals surface area contributed by atoms with E-state index in [0.29, 0.717) is 25.1 Å². The standard InChI is InChI=1S/C16H22FN3O2/c17-14-6-1-4-12(10-14)15(21)19-8-3-9-20-16(22)13-5-2-7-18-11-13/h1,4,6,10,13,18H,2-3,5,7-9,11H2,(H,19,21)(H,20,22). The van der Waals surface area contributed by atoms with Crippen LogP contribution < -0.4 is 16.0 Å². The second-order valence-electron chi connectivity index (χ2n) is 5.45. The zero-order valence-corrected chi connectivity index (χ0v) is 12.5. The molecule has 1 aromatic carbocycles. The Balaban J connectivity index is 1.60. The van der Waals surface area contributed by atoms with Gasteiger partial charge in [0.15, 0.2) is 0 Å². The maximum atomic E-state index is 13.0. The van der Waals surface area contributed by atoms with Gasteiger partial charge in [0.25, 0.3) is 5.91 Å². The molecular weight excluding hydrogens is 285 g/mol. The van der Waals surface area contributed by atoms with Crippen LogP contribution >= 0.6 is 0 Å². The molecule has 0 saturated carbocycles. The quantitative estimate of drug-likeness (QED) is 0.688. The Kier molecular flexibility index (Phi) is 6.33. The van der Waals surface area contributed by atoms with Gasteiger partial charge in [-0.05, 0) is 44.0 Å². The number of hydrogen-bond acceptors (Lipinski definition) is 3. The number of carbonyl (C=O) groups excluding carboxylic acids is 2. The van der Waals surface area contributed by atoms with E-state index in [9.17, 15) is 14.0 Å². The summed E-state index contributed by atoms with van der Waals surface area (Å²) in [5.74, 6) is -0.609. The van der Waals surface area contributed by atoms with Gasteiger partial charge in [-0.3, -0.25) is 9.59 Å². The van der Waals surface area contributed by atoms with E-state index in [1.165, 1.54) is 18.2 Å². The molecule has 2 rings (SSSR count). The molecule has 1 aliphatic rings. The predicted octanol–water partition coefficient (Wildman–Crippen LogP) is 1.06. The molecule has 120 valence electrons. The van der Waals surface area contributed by atoms with Crippen molar-refractivity contribution >= 4 is 11.8 Å². The SMILES string of the molecule is O=C(NCCCNC(=O)C1CCCNC1)c1cccc(F)c1. The fourth-order valence-electron chi connectivity index (χ4n) is 2.45. The van der Waals surface area contributed by atoms with Crippen LogP contribution in [0.2, 0.25) is 0 Å². The lowest BCUT2D eigenvalue weighted by Crippen LogP contribution is -2.41. The van der Waals surface area contributed by atoms with Crippen LogP contribution in [0.4, 0.5) is 4.39 Å². The first kappa shape index (κ1) is 16.4. The lowest BCUT2D eigenvalue weighted by atomic mass is 9.99. The first-order chi connectivity index (χ1) is 10.7. The lowest BCUT2D eigenvalue weighted by Gasteiger charge is -2.21. The Morgan fingerprint density at radius 1 is 1.27 bits per heavy atom. The summed E-state index contributed by atoms with van der Waals surface area (Å²) in [6.07, 6.45) is 2.60. The molecule has 5 nitrogen and oxygen atoms in total. The topological polar surface area (TPSA) is 70.2 Å². The second kappa shape index (κ2) is 8.48. The second-order valence-corrected chi connectivity index (χ2v) is 5.45. The van der Waals surface area contributed by atoms with Crippen molar-refractivity contribution in [3.63, 3.8) is 0 Å². The molecule has 1 unspecified atom stereocenters. The minimum absolute atomic E-state index is 0.0515. The monoisotopic (exact) mass is 307 g/mol. The van der Waals surface area contributed by atoms with Crippen LogP contribution in [-0.2, 0) is 4.79 Å². The molecule has 1 aromatic rings. The molecular formula is C16H22FN3O2. The summed E-state index contributed by atoms with van der Waals surface area (Å²) in [5, 5.41) is 8.80. The minimum Gasteiger partial charge on any atom is -0.356 e. The number of benzene rings is 1. The van der Waals surface area contributed by atoms with Crippen LogP contribution in [0.3, 0.4) is 0 Å². The molecule has 0 spiro atoms. The van der Waals surface area contributed by atoms with Crippen molar-refractivity contribution in [3.05, 3.63) is 35.6 Å². The summed E-state index contributed by atoms with van der Waals surface area (Å²) in [7, 11) is 0. The van der Waals surface area contributed by atoms with E-state index in [2.05, 4.69) is 16.0 Å². The van der Waals surface area contributed by atoms with Gasteiger partial charge >= 0.3 is 0 Å². The smallest absolute Gasteiger partial charge is 0.251 e. The summed E-state index contributed by atoms with van der Waals surface area (Å²) in [5.41, 5.74) is 0.303. The van der Waals surface area contributed by atoms with Gasteiger partial charge in [0.05, 0.1) is 5.92 Å². The first-order valence-electron chi connectivity index (χ1n) is 7.69. The van der Waals surface area contributed by atoms with Crippen LogP contribution in [0, 0.1) is 11.7 Å². The number of piperidine rings is 1. The molecule has 1 atom stereocenters. The molecule has 1 aliphatic heterocycles. The third-order valence-corrected chi connectivity index (χ3v) is 3.69.